The van der Waals surface area contributed by atoms with E-state index in [0.29, 0.717) is 21.6 Å². The van der Waals surface area contributed by atoms with E-state index in [-0.39, 0.29) is 18.2 Å². The molecule has 29 heavy (non-hydrogen) atoms. The van der Waals surface area contributed by atoms with Crippen LogP contribution in [-0.2, 0) is 9.59 Å². The number of fused-ring (bicyclic) bond motifs is 1. The molecule has 4 rings (SSSR count). The zero-order chi connectivity index (χ0) is 20.5. The number of halogens is 2. The van der Waals surface area contributed by atoms with Gasteiger partial charge in [0.1, 0.15) is 17.6 Å². The highest BCUT2D eigenvalue weighted by Gasteiger charge is 2.35. The highest BCUT2D eigenvalue weighted by Crippen LogP contribution is 2.36. The fourth-order valence-electron chi connectivity index (χ4n) is 3.16. The Labute approximate surface area is 176 Å². The number of aromatic nitrogens is 2. The van der Waals surface area contributed by atoms with E-state index in [1.54, 1.807) is 31.5 Å². The van der Waals surface area contributed by atoms with Crippen molar-refractivity contribution in [3.63, 3.8) is 0 Å². The smallest absolute Gasteiger partial charge is 0.251 e. The lowest BCUT2D eigenvalue weighted by molar-refractivity contribution is -0.123. The van der Waals surface area contributed by atoms with Crippen LogP contribution in [0, 0.1) is 0 Å². The Bertz CT molecular complexity index is 1100. The Morgan fingerprint density at radius 1 is 1.21 bits per heavy atom. The zero-order valence-electron chi connectivity index (χ0n) is 15.3. The number of benzene rings is 2. The SMILES string of the molecule is COc1ccc(-c2cnn3c2NC(=O)C3CC(=O)Nc2ccc(Cl)c(Cl)c2)cc1. The molecule has 2 aromatic carbocycles. The van der Waals surface area contributed by atoms with Crippen LogP contribution < -0.4 is 15.4 Å². The number of carbonyl (C=O) groups excluding carboxylic acids is 2. The Hall–Kier alpha value is -3.03. The van der Waals surface area contributed by atoms with Crippen LogP contribution in [0.1, 0.15) is 12.5 Å². The minimum absolute atomic E-state index is 0.0667. The average molecular weight is 431 g/mol. The first-order chi connectivity index (χ1) is 14.0. The molecule has 7 nitrogen and oxygen atoms in total. The fraction of sp³-hybridized carbons (Fsp3) is 0.150. The third kappa shape index (κ3) is 3.79. The summed E-state index contributed by atoms with van der Waals surface area (Å²) < 4.78 is 6.71. The summed E-state index contributed by atoms with van der Waals surface area (Å²) in [5.41, 5.74) is 2.16. The minimum atomic E-state index is -0.736. The van der Waals surface area contributed by atoms with Gasteiger partial charge in [-0.3, -0.25) is 9.59 Å². The van der Waals surface area contributed by atoms with Gasteiger partial charge < -0.3 is 15.4 Å². The van der Waals surface area contributed by atoms with Gasteiger partial charge in [0.25, 0.3) is 5.91 Å². The number of nitrogens with one attached hydrogen (secondary N) is 2. The van der Waals surface area contributed by atoms with Gasteiger partial charge in [-0.15, -0.1) is 0 Å². The predicted molar refractivity (Wildman–Crippen MR) is 112 cm³/mol. The molecule has 3 aromatic rings. The van der Waals surface area contributed by atoms with Gasteiger partial charge in [-0.05, 0) is 35.9 Å². The maximum Gasteiger partial charge on any atom is 0.251 e. The van der Waals surface area contributed by atoms with Crippen LogP contribution in [0.5, 0.6) is 5.75 Å². The number of carbonyl (C=O) groups is 2. The molecule has 9 heteroatoms. The second kappa shape index (κ2) is 7.77. The number of hydrogen-bond acceptors (Lipinski definition) is 4. The van der Waals surface area contributed by atoms with Gasteiger partial charge in [0.15, 0.2) is 0 Å². The lowest BCUT2D eigenvalue weighted by Gasteiger charge is -2.10. The first kappa shape index (κ1) is 19.3. The normalized spacial score (nSPS) is 15.0. The Morgan fingerprint density at radius 3 is 2.66 bits per heavy atom. The third-order valence-corrected chi connectivity index (χ3v) is 5.36. The summed E-state index contributed by atoms with van der Waals surface area (Å²) >= 11 is 11.9. The Morgan fingerprint density at radius 2 is 1.97 bits per heavy atom. The van der Waals surface area contributed by atoms with Crippen molar-refractivity contribution in [3.05, 3.63) is 58.7 Å². The monoisotopic (exact) mass is 430 g/mol. The van der Waals surface area contributed by atoms with Crippen LogP contribution in [0.15, 0.2) is 48.7 Å². The number of rotatable bonds is 5. The van der Waals surface area contributed by atoms with Crippen LogP contribution in [0.3, 0.4) is 0 Å². The number of nitrogens with zero attached hydrogens (tertiary/aromatic N) is 2. The van der Waals surface area contributed by atoms with E-state index in [1.807, 2.05) is 24.3 Å². The first-order valence-corrected chi connectivity index (χ1v) is 9.49. The van der Waals surface area contributed by atoms with E-state index >= 15 is 0 Å². The summed E-state index contributed by atoms with van der Waals surface area (Å²) in [6.07, 6.45) is 1.60. The molecule has 0 fully saturated rings. The van der Waals surface area contributed by atoms with Crippen LogP contribution in [-0.4, -0.2) is 28.7 Å². The molecule has 2 amide bonds. The summed E-state index contributed by atoms with van der Waals surface area (Å²) in [5.74, 6) is 0.677. The lowest BCUT2D eigenvalue weighted by atomic mass is 10.1. The first-order valence-electron chi connectivity index (χ1n) is 8.74. The summed E-state index contributed by atoms with van der Waals surface area (Å²) in [4.78, 5) is 24.9. The fourth-order valence-corrected chi connectivity index (χ4v) is 3.45. The van der Waals surface area contributed by atoms with Gasteiger partial charge in [0.05, 0.1) is 29.8 Å². The summed E-state index contributed by atoms with van der Waals surface area (Å²) in [5, 5.41) is 10.6. The third-order valence-electron chi connectivity index (χ3n) is 4.62. The predicted octanol–water partition coefficient (Wildman–Crippen LogP) is 4.39. The zero-order valence-corrected chi connectivity index (χ0v) is 16.8. The molecular weight excluding hydrogens is 415 g/mol. The molecule has 0 saturated carbocycles. The van der Waals surface area contributed by atoms with E-state index in [2.05, 4.69) is 15.7 Å². The average Bonchev–Trinajstić information content (AvgIpc) is 3.24. The van der Waals surface area contributed by atoms with Crippen LogP contribution in [0.4, 0.5) is 11.5 Å². The molecule has 1 unspecified atom stereocenters. The van der Waals surface area contributed by atoms with E-state index in [1.165, 1.54) is 4.68 Å². The summed E-state index contributed by atoms with van der Waals surface area (Å²) in [7, 11) is 1.60. The maximum atomic E-state index is 12.5. The van der Waals surface area contributed by atoms with Gasteiger partial charge in [0.2, 0.25) is 5.91 Å². The molecule has 0 bridgehead atoms. The van der Waals surface area contributed by atoms with Gasteiger partial charge in [0, 0.05) is 11.3 Å². The molecular formula is C20H16Cl2N4O3. The van der Waals surface area contributed by atoms with Crippen molar-refractivity contribution in [2.24, 2.45) is 0 Å². The Kier molecular flexibility index (Phi) is 5.17. The number of methoxy groups -OCH3 is 1. The number of amides is 2. The topological polar surface area (TPSA) is 85.2 Å². The van der Waals surface area contributed by atoms with Crippen LogP contribution in [0.2, 0.25) is 10.0 Å². The molecule has 1 atom stereocenters. The van der Waals surface area contributed by atoms with Crippen molar-refractivity contribution in [2.75, 3.05) is 17.7 Å². The molecule has 0 radical (unpaired) electrons. The molecule has 1 aromatic heterocycles. The summed E-state index contributed by atoms with van der Waals surface area (Å²) in [6, 6.07) is 11.5. The van der Waals surface area contributed by atoms with E-state index in [4.69, 9.17) is 27.9 Å². The minimum Gasteiger partial charge on any atom is -0.497 e. The molecule has 0 spiro atoms. The van der Waals surface area contributed by atoms with Crippen LogP contribution >= 0.6 is 23.2 Å². The second-order valence-electron chi connectivity index (χ2n) is 6.47. The molecule has 0 saturated heterocycles. The van der Waals surface area contributed by atoms with Crippen molar-refractivity contribution in [1.82, 2.24) is 9.78 Å². The van der Waals surface area contributed by atoms with Gasteiger partial charge in [-0.2, -0.15) is 5.10 Å². The van der Waals surface area contributed by atoms with Crippen molar-refractivity contribution in [3.8, 4) is 16.9 Å². The van der Waals surface area contributed by atoms with Crippen molar-refractivity contribution in [1.29, 1.82) is 0 Å². The van der Waals surface area contributed by atoms with Gasteiger partial charge >= 0.3 is 0 Å². The number of hydrogen-bond donors (Lipinski definition) is 2. The number of anilines is 2. The standard InChI is InChI=1S/C20H16Cl2N4O3/c1-29-13-5-2-11(3-6-13)14-10-23-26-17(20(28)25-19(14)26)9-18(27)24-12-4-7-15(21)16(22)8-12/h2-8,10,17H,9H2,1H3,(H,24,27)(H,25,28). The molecule has 2 heterocycles. The van der Waals surface area contributed by atoms with E-state index in [0.717, 1.165) is 16.9 Å². The van der Waals surface area contributed by atoms with E-state index in [9.17, 15) is 9.59 Å². The molecule has 1 aliphatic heterocycles. The van der Waals surface area contributed by atoms with Crippen molar-refractivity contribution < 1.29 is 14.3 Å². The van der Waals surface area contributed by atoms with Crippen LogP contribution in [0.25, 0.3) is 11.1 Å². The van der Waals surface area contributed by atoms with Gasteiger partial charge in [-0.25, -0.2) is 4.68 Å². The van der Waals surface area contributed by atoms with Gasteiger partial charge in [-0.1, -0.05) is 35.3 Å². The quantitative estimate of drug-likeness (QED) is 0.628. The molecule has 0 aliphatic carbocycles. The largest absolute Gasteiger partial charge is 0.497 e. The van der Waals surface area contributed by atoms with Crippen molar-refractivity contribution in [2.45, 2.75) is 12.5 Å². The maximum absolute atomic E-state index is 12.5. The lowest BCUT2D eigenvalue weighted by Crippen LogP contribution is -2.23. The molecule has 1 aliphatic rings. The number of ether oxygens (including phenoxy) is 1. The van der Waals surface area contributed by atoms with E-state index < -0.39 is 6.04 Å². The van der Waals surface area contributed by atoms with Crippen molar-refractivity contribution >= 4 is 46.5 Å². The molecule has 2 N–H and O–H groups in total. The Balaban J connectivity index is 1.52. The molecule has 148 valence electrons. The second-order valence-corrected chi connectivity index (χ2v) is 7.28. The highest BCUT2D eigenvalue weighted by molar-refractivity contribution is 6.42. The highest BCUT2D eigenvalue weighted by atomic mass is 35.5. The summed E-state index contributed by atoms with van der Waals surface area (Å²) in [6.45, 7) is 0.